The molecule has 16 heteroatoms. The van der Waals surface area contributed by atoms with Gasteiger partial charge in [0.25, 0.3) is 0 Å². The van der Waals surface area contributed by atoms with Crippen molar-refractivity contribution in [2.24, 2.45) is 5.73 Å². The highest BCUT2D eigenvalue weighted by atomic mass is 79.9. The summed E-state index contributed by atoms with van der Waals surface area (Å²) in [5.41, 5.74) is 3.48. The van der Waals surface area contributed by atoms with Gasteiger partial charge in [0.05, 0.1) is 24.3 Å². The minimum Gasteiger partial charge on any atom is -0.480 e. The van der Waals surface area contributed by atoms with Gasteiger partial charge in [-0.3, -0.25) is 9.59 Å². The van der Waals surface area contributed by atoms with Crippen molar-refractivity contribution in [2.45, 2.75) is 25.2 Å². The molecular formula is C23H27Br2F6N3O5. The minimum absolute atomic E-state index is 0.0443. The molecule has 7 N–H and O–H groups in total. The largest absolute Gasteiger partial charge is 0.480 e. The van der Waals surface area contributed by atoms with Crippen LogP contribution in [0.4, 0.5) is 37.7 Å². The first-order valence-corrected chi connectivity index (χ1v) is 12.5. The van der Waals surface area contributed by atoms with Crippen molar-refractivity contribution in [3.05, 3.63) is 56.5 Å². The number of anilines is 2. The van der Waals surface area contributed by atoms with Crippen LogP contribution in [-0.4, -0.2) is 59.9 Å². The van der Waals surface area contributed by atoms with Crippen molar-refractivity contribution in [3.63, 3.8) is 0 Å². The summed E-state index contributed by atoms with van der Waals surface area (Å²) >= 11 is 5.62. The molecule has 2 rings (SSSR count). The minimum atomic E-state index is -4.47. The molecule has 0 unspecified atom stereocenters. The molecule has 0 saturated carbocycles. The number of nitrogens with one attached hydrogen (secondary N) is 2. The summed E-state index contributed by atoms with van der Waals surface area (Å²) in [7, 11) is 0. The zero-order chi connectivity index (χ0) is 30.2. The lowest BCUT2D eigenvalue weighted by Crippen LogP contribution is -2.15. The Labute approximate surface area is 236 Å². The first-order valence-electron chi connectivity index (χ1n) is 10.9. The van der Waals surface area contributed by atoms with E-state index in [1.807, 2.05) is 0 Å². The number of aliphatic hydroxyl groups is 2. The maximum Gasteiger partial charge on any atom is 0.417 e. The van der Waals surface area contributed by atoms with Crippen LogP contribution in [0.15, 0.2) is 45.3 Å². The predicted molar refractivity (Wildman–Crippen MR) is 140 cm³/mol. The van der Waals surface area contributed by atoms with Gasteiger partial charge in [-0.15, -0.1) is 0 Å². The molecule has 0 saturated heterocycles. The number of alkyl halides is 6. The van der Waals surface area contributed by atoms with E-state index in [0.717, 1.165) is 12.1 Å². The van der Waals surface area contributed by atoms with Gasteiger partial charge in [-0.1, -0.05) is 31.9 Å². The summed E-state index contributed by atoms with van der Waals surface area (Å²) in [6, 6.07) is 7.12. The quantitative estimate of drug-likeness (QED) is 0.188. The van der Waals surface area contributed by atoms with Crippen molar-refractivity contribution in [1.29, 1.82) is 0 Å². The Hall–Kier alpha value is -2.40. The summed E-state index contributed by atoms with van der Waals surface area (Å²) < 4.78 is 75.2. The highest BCUT2D eigenvalue weighted by Gasteiger charge is 2.34. The summed E-state index contributed by atoms with van der Waals surface area (Å²) in [6.07, 6.45) is -8.36. The molecule has 0 atom stereocenters. The van der Waals surface area contributed by atoms with Crippen LogP contribution in [0.5, 0.6) is 0 Å². The van der Waals surface area contributed by atoms with Crippen molar-refractivity contribution in [3.8, 4) is 0 Å². The van der Waals surface area contributed by atoms with E-state index in [4.69, 9.17) is 21.1 Å². The number of rotatable bonds is 10. The molecule has 0 heterocycles. The number of aliphatic carboxylic acids is 1. The number of halogens is 8. The van der Waals surface area contributed by atoms with Crippen LogP contribution < -0.4 is 16.4 Å². The fraction of sp³-hybridized carbons (Fsp3) is 0.391. The smallest absolute Gasteiger partial charge is 0.417 e. The molecule has 0 amide bonds. The van der Waals surface area contributed by atoms with Crippen molar-refractivity contribution in [1.82, 2.24) is 0 Å². The Bertz CT molecular complexity index is 1050. The second-order valence-electron chi connectivity index (χ2n) is 7.36. The fourth-order valence-electron chi connectivity index (χ4n) is 2.45. The first kappa shape index (κ1) is 36.6. The molecule has 0 bridgehead atoms. The molecule has 0 fully saturated rings. The van der Waals surface area contributed by atoms with Gasteiger partial charge in [0.1, 0.15) is 6.54 Å². The SMILES string of the molecule is NCCO.O=C(CCCO)CNc1ccc(Br)c(C(F)(F)F)c1.O=C(O)CNc1ccc(Br)c(C(F)(F)F)c1. The molecule has 0 aromatic heterocycles. The van der Waals surface area contributed by atoms with Crippen molar-refractivity contribution in [2.75, 3.05) is 43.5 Å². The van der Waals surface area contributed by atoms with Gasteiger partial charge in [0.2, 0.25) is 0 Å². The third-order valence-electron chi connectivity index (χ3n) is 4.22. The predicted octanol–water partition coefficient (Wildman–Crippen LogP) is 5.12. The summed E-state index contributed by atoms with van der Waals surface area (Å²) in [4.78, 5) is 21.5. The van der Waals surface area contributed by atoms with Gasteiger partial charge in [0.15, 0.2) is 5.78 Å². The number of carboxylic acid groups (broad SMARTS) is 1. The topological polar surface area (TPSA) is 145 Å². The van der Waals surface area contributed by atoms with Crippen molar-refractivity contribution < 1.29 is 51.3 Å². The van der Waals surface area contributed by atoms with E-state index in [2.05, 4.69) is 42.5 Å². The molecule has 0 aliphatic carbocycles. The molecule has 0 aliphatic heterocycles. The Morgan fingerprint density at radius 2 is 1.21 bits per heavy atom. The highest BCUT2D eigenvalue weighted by Crippen LogP contribution is 2.37. The Balaban J connectivity index is 0.000000658. The van der Waals surface area contributed by atoms with Gasteiger partial charge < -0.3 is 31.7 Å². The Morgan fingerprint density at radius 3 is 1.54 bits per heavy atom. The van der Waals surface area contributed by atoms with Crippen molar-refractivity contribution >= 4 is 55.0 Å². The molecule has 39 heavy (non-hydrogen) atoms. The maximum atomic E-state index is 12.6. The number of hydrogen-bond donors (Lipinski definition) is 6. The lowest BCUT2D eigenvalue weighted by Gasteiger charge is -2.12. The van der Waals surface area contributed by atoms with E-state index in [-0.39, 0.29) is 52.3 Å². The number of benzene rings is 2. The lowest BCUT2D eigenvalue weighted by molar-refractivity contribution is -0.139. The summed E-state index contributed by atoms with van der Waals surface area (Å²) in [5.74, 6) is -1.30. The molecule has 8 nitrogen and oxygen atoms in total. The average molecular weight is 699 g/mol. The second-order valence-corrected chi connectivity index (χ2v) is 9.07. The second kappa shape index (κ2) is 18.0. The zero-order valence-corrected chi connectivity index (χ0v) is 23.3. The number of Topliss-reactive ketones (excluding diaryl/α,β-unsaturated/α-hetero) is 1. The van der Waals surface area contributed by atoms with Crippen LogP contribution in [0.2, 0.25) is 0 Å². The zero-order valence-electron chi connectivity index (χ0n) is 20.2. The van der Waals surface area contributed by atoms with Crippen LogP contribution in [0.1, 0.15) is 24.0 Å². The van der Waals surface area contributed by atoms with Crippen LogP contribution in [-0.2, 0) is 21.9 Å². The summed E-state index contributed by atoms with van der Waals surface area (Å²) in [5, 5.41) is 29.7. The van der Waals surface area contributed by atoms with E-state index in [1.54, 1.807) is 0 Å². The number of carbonyl (C=O) groups excluding carboxylic acids is 1. The Kier molecular flexibility index (Phi) is 16.9. The Morgan fingerprint density at radius 1 is 0.795 bits per heavy atom. The van der Waals surface area contributed by atoms with Crippen LogP contribution >= 0.6 is 31.9 Å². The molecule has 0 aliphatic rings. The van der Waals surface area contributed by atoms with E-state index in [1.165, 1.54) is 24.3 Å². The van der Waals surface area contributed by atoms with E-state index in [9.17, 15) is 35.9 Å². The lowest BCUT2D eigenvalue weighted by atomic mass is 10.2. The highest BCUT2D eigenvalue weighted by molar-refractivity contribution is 9.10. The van der Waals surface area contributed by atoms with Gasteiger partial charge in [-0.25, -0.2) is 0 Å². The number of carbonyl (C=O) groups is 2. The number of ketones is 1. The van der Waals surface area contributed by atoms with E-state index >= 15 is 0 Å². The van der Waals surface area contributed by atoms with Crippen LogP contribution in [0.3, 0.4) is 0 Å². The summed E-state index contributed by atoms with van der Waals surface area (Å²) in [6.45, 7) is -0.0971. The van der Waals surface area contributed by atoms with Gasteiger partial charge >= 0.3 is 18.3 Å². The molecule has 2 aromatic carbocycles. The first-order chi connectivity index (χ1) is 18.1. The number of carboxylic acids is 1. The van der Waals surface area contributed by atoms with Gasteiger partial charge in [-0.05, 0) is 42.8 Å². The normalized spacial score (nSPS) is 10.9. The third kappa shape index (κ3) is 15.7. The average Bonchev–Trinajstić information content (AvgIpc) is 2.85. The van der Waals surface area contributed by atoms with E-state index < -0.39 is 36.0 Å². The van der Waals surface area contributed by atoms with Gasteiger partial charge in [0, 0.05) is 39.9 Å². The molecule has 220 valence electrons. The number of hydrogen-bond acceptors (Lipinski definition) is 7. The number of nitrogens with two attached hydrogens (primary N) is 1. The maximum absolute atomic E-state index is 12.6. The molecule has 0 radical (unpaired) electrons. The monoisotopic (exact) mass is 697 g/mol. The van der Waals surface area contributed by atoms with Crippen LogP contribution in [0, 0.1) is 0 Å². The standard InChI is InChI=1S/C12H13BrF3NO2.C9H7BrF3NO2.C2H7NO/c13-11-4-3-8(6-10(11)12(14,15)16)17-7-9(19)2-1-5-18;10-7-2-1-5(14-4-8(15)16)3-6(7)9(11,12)13;3-1-2-4/h3-4,6,17-18H,1-2,5,7H2;1-3,14H,4H2,(H,15,16);4H,1-3H2. The van der Waals surface area contributed by atoms with E-state index in [0.29, 0.717) is 13.0 Å². The molecular weight excluding hydrogens is 672 g/mol. The number of aliphatic hydroxyl groups excluding tert-OH is 2. The third-order valence-corrected chi connectivity index (χ3v) is 5.60. The molecule has 0 spiro atoms. The molecule has 2 aromatic rings. The van der Waals surface area contributed by atoms with Gasteiger partial charge in [-0.2, -0.15) is 26.3 Å². The fourth-order valence-corrected chi connectivity index (χ4v) is 3.39. The van der Waals surface area contributed by atoms with Crippen LogP contribution in [0.25, 0.3) is 0 Å².